The lowest BCUT2D eigenvalue weighted by molar-refractivity contribution is -0.0538. The molecule has 4 bridgehead atoms. The van der Waals surface area contributed by atoms with E-state index in [1.54, 1.807) is 30.1 Å². The van der Waals surface area contributed by atoms with E-state index in [-0.39, 0.29) is 0 Å². The minimum Gasteiger partial charge on any atom is -0.276 e. The highest BCUT2D eigenvalue weighted by molar-refractivity contribution is 7.99. The van der Waals surface area contributed by atoms with Crippen LogP contribution in [0.2, 0.25) is 0 Å². The fourth-order valence-corrected chi connectivity index (χ4v) is 9.33. The molecule has 4 aliphatic rings. The maximum Gasteiger partial charge on any atom is 0.244 e. The summed E-state index contributed by atoms with van der Waals surface area (Å²) in [6.45, 7) is 4.66. The van der Waals surface area contributed by atoms with E-state index in [1.807, 2.05) is 18.2 Å². The Labute approximate surface area is 183 Å². The number of nitrogens with zero attached hydrogens (tertiary/aromatic N) is 4. The van der Waals surface area contributed by atoms with Crippen LogP contribution in [0.15, 0.2) is 28.4 Å². The van der Waals surface area contributed by atoms with E-state index >= 15 is 0 Å². The number of pyridine rings is 1. The average molecular weight is 449 g/mol. The van der Waals surface area contributed by atoms with Gasteiger partial charge in [-0.15, -0.1) is 10.2 Å². The van der Waals surface area contributed by atoms with E-state index in [2.05, 4.69) is 10.2 Å². The molecule has 0 saturated heterocycles. The molecule has 0 radical (unpaired) electrons. The number of rotatable bonds is 8. The predicted octanol–water partition coefficient (Wildman–Crippen LogP) is 4.46. The molecule has 0 atom stereocenters. The van der Waals surface area contributed by atoms with Crippen molar-refractivity contribution < 1.29 is 8.42 Å². The zero-order valence-corrected chi connectivity index (χ0v) is 19.6. The molecule has 164 valence electrons. The monoisotopic (exact) mass is 448 g/mol. The van der Waals surface area contributed by atoms with Crippen LogP contribution < -0.4 is 0 Å². The van der Waals surface area contributed by atoms with Crippen LogP contribution in [0.5, 0.6) is 0 Å². The molecule has 0 aromatic carbocycles. The maximum absolute atomic E-state index is 12.9. The summed E-state index contributed by atoms with van der Waals surface area (Å²) in [5.41, 5.74) is 1.25. The number of fused-ring (bicyclic) bond motifs is 1. The molecule has 4 fully saturated rings. The van der Waals surface area contributed by atoms with Crippen molar-refractivity contribution in [2.45, 2.75) is 68.8 Å². The van der Waals surface area contributed by atoms with Crippen molar-refractivity contribution in [3.8, 4) is 0 Å². The van der Waals surface area contributed by atoms with Crippen molar-refractivity contribution in [3.63, 3.8) is 0 Å². The van der Waals surface area contributed by atoms with Crippen LogP contribution in [-0.2, 0) is 10.0 Å². The van der Waals surface area contributed by atoms with Crippen LogP contribution in [0, 0.1) is 23.2 Å². The third kappa shape index (κ3) is 3.58. The number of sulfonamides is 1. The van der Waals surface area contributed by atoms with Crippen LogP contribution >= 0.6 is 11.8 Å². The number of hydrogen-bond acceptors (Lipinski definition) is 5. The lowest BCUT2D eigenvalue weighted by Gasteiger charge is -2.57. The van der Waals surface area contributed by atoms with Crippen molar-refractivity contribution >= 4 is 27.4 Å². The highest BCUT2D eigenvalue weighted by Crippen LogP contribution is 2.61. The Balaban J connectivity index is 1.32. The molecule has 2 aromatic rings. The molecule has 0 spiro atoms. The lowest BCUT2D eigenvalue weighted by atomic mass is 9.49. The van der Waals surface area contributed by atoms with Gasteiger partial charge in [-0.1, -0.05) is 25.6 Å². The summed E-state index contributed by atoms with van der Waals surface area (Å²) in [4.78, 5) is 0.307. The second-order valence-corrected chi connectivity index (χ2v) is 12.7. The van der Waals surface area contributed by atoms with Crippen LogP contribution in [0.1, 0.15) is 58.8 Å². The number of hydrogen-bond donors (Lipinski definition) is 0. The van der Waals surface area contributed by atoms with Crippen molar-refractivity contribution in [2.24, 2.45) is 23.2 Å². The van der Waals surface area contributed by atoms with Gasteiger partial charge in [-0.25, -0.2) is 8.42 Å². The molecule has 0 aliphatic heterocycles. The van der Waals surface area contributed by atoms with Crippen LogP contribution in [0.25, 0.3) is 5.65 Å². The molecular formula is C22H32N4O2S2. The summed E-state index contributed by atoms with van der Waals surface area (Å²) in [6.07, 6.45) is 11.6. The fourth-order valence-electron chi connectivity index (χ4n) is 6.77. The van der Waals surface area contributed by atoms with Crippen molar-refractivity contribution in [3.05, 3.63) is 18.3 Å². The Morgan fingerprint density at radius 2 is 1.70 bits per heavy atom. The first kappa shape index (κ1) is 20.8. The first-order valence-corrected chi connectivity index (χ1v) is 13.8. The van der Waals surface area contributed by atoms with Gasteiger partial charge in [0.1, 0.15) is 0 Å². The maximum atomic E-state index is 12.9. The van der Waals surface area contributed by atoms with Gasteiger partial charge in [0.05, 0.1) is 4.90 Å². The van der Waals surface area contributed by atoms with Crippen LogP contribution in [0.4, 0.5) is 0 Å². The zero-order chi connectivity index (χ0) is 20.9. The van der Waals surface area contributed by atoms with Crippen molar-refractivity contribution in [1.82, 2.24) is 18.9 Å². The van der Waals surface area contributed by atoms with Crippen molar-refractivity contribution in [1.29, 1.82) is 0 Å². The quantitative estimate of drug-likeness (QED) is 0.558. The van der Waals surface area contributed by atoms with Gasteiger partial charge in [0.25, 0.3) is 0 Å². The minimum absolute atomic E-state index is 0.307. The van der Waals surface area contributed by atoms with Crippen LogP contribution in [0.3, 0.4) is 0 Å². The Kier molecular flexibility index (Phi) is 5.39. The smallest absolute Gasteiger partial charge is 0.244 e. The summed E-state index contributed by atoms with van der Waals surface area (Å²) in [5.74, 6) is 3.95. The Hall–Kier alpha value is -1.12. The Bertz CT molecular complexity index is 994. The molecule has 2 heterocycles. The Morgan fingerprint density at radius 1 is 1.07 bits per heavy atom. The molecule has 8 heteroatoms. The molecule has 6 rings (SSSR count). The summed E-state index contributed by atoms with van der Waals surface area (Å²) < 4.78 is 29.2. The van der Waals surface area contributed by atoms with Gasteiger partial charge in [0, 0.05) is 25.0 Å². The molecule has 0 N–H and O–H groups in total. The lowest BCUT2D eigenvalue weighted by Crippen LogP contribution is -2.46. The molecule has 4 aliphatic carbocycles. The van der Waals surface area contributed by atoms with Crippen LogP contribution in [-0.4, -0.2) is 46.2 Å². The first-order valence-electron chi connectivity index (χ1n) is 11.4. The van der Waals surface area contributed by atoms with E-state index in [9.17, 15) is 8.42 Å². The van der Waals surface area contributed by atoms with Gasteiger partial charge >= 0.3 is 0 Å². The largest absolute Gasteiger partial charge is 0.276 e. The summed E-state index contributed by atoms with van der Waals surface area (Å²) >= 11 is 1.73. The van der Waals surface area contributed by atoms with Gasteiger partial charge in [-0.2, -0.15) is 4.31 Å². The summed E-state index contributed by atoms with van der Waals surface area (Å²) in [7, 11) is -3.49. The van der Waals surface area contributed by atoms with E-state index in [0.717, 1.165) is 28.7 Å². The first-order chi connectivity index (χ1) is 14.4. The third-order valence-corrected chi connectivity index (χ3v) is 10.7. The fraction of sp³-hybridized carbons (Fsp3) is 0.727. The normalized spacial score (nSPS) is 30.6. The molecule has 0 unspecified atom stereocenters. The van der Waals surface area contributed by atoms with E-state index in [1.165, 1.54) is 49.3 Å². The highest BCUT2D eigenvalue weighted by atomic mass is 32.2. The zero-order valence-electron chi connectivity index (χ0n) is 18.0. The number of thioether (sulfide) groups is 1. The van der Waals surface area contributed by atoms with E-state index < -0.39 is 10.0 Å². The van der Waals surface area contributed by atoms with Gasteiger partial charge < -0.3 is 0 Å². The molecule has 2 aromatic heterocycles. The van der Waals surface area contributed by atoms with E-state index in [0.29, 0.717) is 29.0 Å². The molecule has 4 saturated carbocycles. The SMILES string of the molecule is CCN(CC)S(=O)(=O)c1ccc2nnc(SCCC34CC5CC(CC(C5)C3)C4)n2c1. The number of aromatic nitrogens is 3. The minimum atomic E-state index is -3.49. The summed E-state index contributed by atoms with van der Waals surface area (Å²) in [6, 6.07) is 3.40. The van der Waals surface area contributed by atoms with Gasteiger partial charge in [0.2, 0.25) is 10.0 Å². The van der Waals surface area contributed by atoms with Gasteiger partial charge in [-0.05, 0) is 80.2 Å². The second-order valence-electron chi connectivity index (χ2n) is 9.68. The third-order valence-electron chi connectivity index (χ3n) is 7.72. The topological polar surface area (TPSA) is 67.6 Å². The average Bonchev–Trinajstić information content (AvgIpc) is 3.10. The second kappa shape index (κ2) is 7.78. The molecule has 0 amide bonds. The van der Waals surface area contributed by atoms with Gasteiger partial charge in [-0.3, -0.25) is 4.40 Å². The predicted molar refractivity (Wildman–Crippen MR) is 119 cm³/mol. The highest BCUT2D eigenvalue weighted by Gasteiger charge is 2.50. The Morgan fingerprint density at radius 3 is 2.30 bits per heavy atom. The molecule has 30 heavy (non-hydrogen) atoms. The molecule has 6 nitrogen and oxygen atoms in total. The van der Waals surface area contributed by atoms with Crippen molar-refractivity contribution in [2.75, 3.05) is 18.8 Å². The molecular weight excluding hydrogens is 416 g/mol. The van der Waals surface area contributed by atoms with Gasteiger partial charge in [0.15, 0.2) is 10.8 Å². The standard InChI is InChI=1S/C22H32N4O2S2/c1-3-25(4-2)30(27,28)19-5-6-20-23-24-21(26(20)15-19)29-8-7-22-12-16-9-17(13-22)11-18(10-16)14-22/h5-6,15-18H,3-4,7-14H2,1-2H3. The van der Waals surface area contributed by atoms with E-state index in [4.69, 9.17) is 0 Å². The summed E-state index contributed by atoms with van der Waals surface area (Å²) in [5, 5.41) is 9.41.